The minimum Gasteiger partial charge on any atom is -0.371 e. The summed E-state index contributed by atoms with van der Waals surface area (Å²) < 4.78 is 0. The molecule has 2 saturated heterocycles. The molecule has 1 atom stereocenters. The Morgan fingerprint density at radius 2 is 1.95 bits per heavy atom. The van der Waals surface area contributed by atoms with Crippen LogP contribution in [0.25, 0.3) is 0 Å². The van der Waals surface area contributed by atoms with Crippen molar-refractivity contribution in [1.82, 2.24) is 15.2 Å². The number of carbonyl (C=O) groups is 1. The number of rotatable bonds is 2. The highest BCUT2D eigenvalue weighted by Gasteiger charge is 2.30. The van der Waals surface area contributed by atoms with Crippen LogP contribution in [-0.4, -0.2) is 54.6 Å². The van der Waals surface area contributed by atoms with E-state index < -0.39 is 0 Å². The van der Waals surface area contributed by atoms with Crippen molar-refractivity contribution < 1.29 is 4.79 Å². The van der Waals surface area contributed by atoms with E-state index in [9.17, 15) is 4.79 Å². The average Bonchev–Trinajstić information content (AvgIpc) is 2.55. The van der Waals surface area contributed by atoms with E-state index >= 15 is 0 Å². The standard InChI is InChI=1S/C16H24N4O/c1-13-12-20(11-8-18-13)16(21)14-4-9-19(10-5-14)15-2-6-17-7-3-15/h2-3,6-7,13-14,18H,4-5,8-12H2,1H3. The van der Waals surface area contributed by atoms with Crippen LogP contribution >= 0.6 is 0 Å². The van der Waals surface area contributed by atoms with E-state index in [4.69, 9.17) is 0 Å². The molecule has 1 unspecified atom stereocenters. The third-order valence-corrected chi connectivity index (χ3v) is 4.55. The van der Waals surface area contributed by atoms with Gasteiger partial charge in [-0.15, -0.1) is 0 Å². The second-order valence-corrected chi connectivity index (χ2v) is 6.11. The fourth-order valence-corrected chi connectivity index (χ4v) is 3.33. The predicted molar refractivity (Wildman–Crippen MR) is 83.2 cm³/mol. The van der Waals surface area contributed by atoms with Crippen LogP contribution in [0.3, 0.4) is 0 Å². The summed E-state index contributed by atoms with van der Waals surface area (Å²) in [6, 6.07) is 4.50. The zero-order valence-corrected chi connectivity index (χ0v) is 12.7. The second kappa shape index (κ2) is 6.43. The van der Waals surface area contributed by atoms with Gasteiger partial charge in [-0.2, -0.15) is 0 Å². The molecule has 2 fully saturated rings. The summed E-state index contributed by atoms with van der Waals surface area (Å²) in [4.78, 5) is 21.1. The Morgan fingerprint density at radius 3 is 2.62 bits per heavy atom. The minimum atomic E-state index is 0.202. The summed E-state index contributed by atoms with van der Waals surface area (Å²) in [7, 11) is 0. The van der Waals surface area contributed by atoms with Gasteiger partial charge in [0.2, 0.25) is 5.91 Å². The number of hydrogen-bond acceptors (Lipinski definition) is 4. The number of amides is 1. The van der Waals surface area contributed by atoms with E-state index in [0.29, 0.717) is 11.9 Å². The summed E-state index contributed by atoms with van der Waals surface area (Å²) >= 11 is 0. The van der Waals surface area contributed by atoms with Crippen LogP contribution < -0.4 is 10.2 Å². The Morgan fingerprint density at radius 1 is 1.24 bits per heavy atom. The van der Waals surface area contributed by atoms with Gasteiger partial charge in [0.25, 0.3) is 0 Å². The largest absolute Gasteiger partial charge is 0.371 e. The number of piperidine rings is 1. The number of anilines is 1. The fraction of sp³-hybridized carbons (Fsp3) is 0.625. The number of piperazine rings is 1. The normalized spacial score (nSPS) is 24.1. The molecule has 2 aliphatic heterocycles. The maximum absolute atomic E-state index is 12.6. The first-order chi connectivity index (χ1) is 10.2. The highest BCUT2D eigenvalue weighted by atomic mass is 16.2. The highest BCUT2D eigenvalue weighted by molar-refractivity contribution is 5.79. The van der Waals surface area contributed by atoms with Crippen molar-refractivity contribution in [2.75, 3.05) is 37.6 Å². The van der Waals surface area contributed by atoms with Crippen molar-refractivity contribution >= 4 is 11.6 Å². The molecular weight excluding hydrogens is 264 g/mol. The Kier molecular flexibility index (Phi) is 4.39. The van der Waals surface area contributed by atoms with E-state index in [1.54, 1.807) is 0 Å². The van der Waals surface area contributed by atoms with Crippen molar-refractivity contribution in [2.45, 2.75) is 25.8 Å². The van der Waals surface area contributed by atoms with E-state index in [2.05, 4.69) is 22.1 Å². The molecule has 1 aromatic heterocycles. The van der Waals surface area contributed by atoms with E-state index in [-0.39, 0.29) is 5.92 Å². The summed E-state index contributed by atoms with van der Waals surface area (Å²) in [6.07, 6.45) is 5.57. The fourth-order valence-electron chi connectivity index (χ4n) is 3.33. The SMILES string of the molecule is CC1CN(C(=O)C2CCN(c3ccncc3)CC2)CCN1. The van der Waals surface area contributed by atoms with Crippen molar-refractivity contribution in [3.05, 3.63) is 24.5 Å². The van der Waals surface area contributed by atoms with Gasteiger partial charge in [-0.3, -0.25) is 9.78 Å². The van der Waals surface area contributed by atoms with Gasteiger partial charge >= 0.3 is 0 Å². The van der Waals surface area contributed by atoms with Crippen LogP contribution in [0.15, 0.2) is 24.5 Å². The molecule has 0 aromatic carbocycles. The lowest BCUT2D eigenvalue weighted by molar-refractivity contribution is -0.137. The monoisotopic (exact) mass is 288 g/mol. The Bertz CT molecular complexity index is 470. The quantitative estimate of drug-likeness (QED) is 0.886. The van der Waals surface area contributed by atoms with Gasteiger partial charge in [-0.25, -0.2) is 0 Å². The highest BCUT2D eigenvalue weighted by Crippen LogP contribution is 2.24. The molecule has 1 N–H and O–H groups in total. The summed E-state index contributed by atoms with van der Waals surface area (Å²) in [5.74, 6) is 0.561. The molecule has 0 aliphatic carbocycles. The summed E-state index contributed by atoms with van der Waals surface area (Å²) in [5, 5.41) is 3.39. The predicted octanol–water partition coefficient (Wildman–Crippen LogP) is 1.12. The van der Waals surface area contributed by atoms with Crippen LogP contribution in [-0.2, 0) is 4.79 Å². The first kappa shape index (κ1) is 14.3. The van der Waals surface area contributed by atoms with Gasteiger partial charge in [0.05, 0.1) is 0 Å². The molecule has 2 aliphatic rings. The number of nitrogens with zero attached hydrogens (tertiary/aromatic N) is 3. The Balaban J connectivity index is 1.54. The number of carbonyl (C=O) groups excluding carboxylic acids is 1. The van der Waals surface area contributed by atoms with Crippen molar-refractivity contribution in [3.8, 4) is 0 Å². The van der Waals surface area contributed by atoms with Crippen LogP contribution in [0.5, 0.6) is 0 Å². The molecule has 0 bridgehead atoms. The van der Waals surface area contributed by atoms with Crippen LogP contribution in [0.2, 0.25) is 0 Å². The topological polar surface area (TPSA) is 48.5 Å². The van der Waals surface area contributed by atoms with Crippen LogP contribution in [0.1, 0.15) is 19.8 Å². The average molecular weight is 288 g/mol. The molecule has 3 heterocycles. The Hall–Kier alpha value is -1.62. The lowest BCUT2D eigenvalue weighted by Crippen LogP contribution is -2.53. The van der Waals surface area contributed by atoms with Gasteiger partial charge in [0, 0.05) is 62.8 Å². The third-order valence-electron chi connectivity index (χ3n) is 4.55. The first-order valence-corrected chi connectivity index (χ1v) is 7.91. The number of hydrogen-bond donors (Lipinski definition) is 1. The molecule has 1 aromatic rings. The van der Waals surface area contributed by atoms with Gasteiger partial charge in [0.15, 0.2) is 0 Å². The maximum atomic E-state index is 12.6. The number of nitrogens with one attached hydrogen (secondary N) is 1. The summed E-state index contributed by atoms with van der Waals surface area (Å²) in [6.45, 7) is 6.69. The molecule has 0 radical (unpaired) electrons. The molecule has 1 amide bonds. The lowest BCUT2D eigenvalue weighted by atomic mass is 9.94. The first-order valence-electron chi connectivity index (χ1n) is 7.91. The molecule has 5 nitrogen and oxygen atoms in total. The molecule has 114 valence electrons. The van der Waals surface area contributed by atoms with E-state index in [1.807, 2.05) is 29.4 Å². The Labute approximate surface area is 126 Å². The molecule has 21 heavy (non-hydrogen) atoms. The van der Waals surface area contributed by atoms with Crippen molar-refractivity contribution in [2.24, 2.45) is 5.92 Å². The van der Waals surface area contributed by atoms with E-state index in [1.165, 1.54) is 5.69 Å². The zero-order chi connectivity index (χ0) is 14.7. The zero-order valence-electron chi connectivity index (χ0n) is 12.7. The number of aromatic nitrogens is 1. The minimum absolute atomic E-state index is 0.202. The van der Waals surface area contributed by atoms with Gasteiger partial charge in [-0.05, 0) is 31.9 Å². The van der Waals surface area contributed by atoms with Crippen molar-refractivity contribution in [3.63, 3.8) is 0 Å². The summed E-state index contributed by atoms with van der Waals surface area (Å²) in [5.41, 5.74) is 1.21. The van der Waals surface area contributed by atoms with E-state index in [0.717, 1.165) is 45.6 Å². The van der Waals surface area contributed by atoms with Gasteiger partial charge in [-0.1, -0.05) is 0 Å². The van der Waals surface area contributed by atoms with Crippen LogP contribution in [0, 0.1) is 5.92 Å². The lowest BCUT2D eigenvalue weighted by Gasteiger charge is -2.38. The molecular formula is C16H24N4O. The molecule has 0 spiro atoms. The number of pyridine rings is 1. The molecule has 0 saturated carbocycles. The second-order valence-electron chi connectivity index (χ2n) is 6.11. The third kappa shape index (κ3) is 3.35. The van der Waals surface area contributed by atoms with Crippen LogP contribution in [0.4, 0.5) is 5.69 Å². The van der Waals surface area contributed by atoms with Gasteiger partial charge < -0.3 is 15.1 Å². The van der Waals surface area contributed by atoms with Gasteiger partial charge in [0.1, 0.15) is 0 Å². The van der Waals surface area contributed by atoms with Crippen molar-refractivity contribution in [1.29, 1.82) is 0 Å². The smallest absolute Gasteiger partial charge is 0.225 e. The molecule has 3 rings (SSSR count). The molecule has 5 heteroatoms. The maximum Gasteiger partial charge on any atom is 0.225 e.